The number of benzene rings is 2. The van der Waals surface area contributed by atoms with Crippen molar-refractivity contribution < 1.29 is 23.1 Å². The van der Waals surface area contributed by atoms with E-state index < -0.39 is 17.7 Å². The molecule has 8 heteroatoms. The van der Waals surface area contributed by atoms with E-state index in [-0.39, 0.29) is 24.2 Å². The third-order valence-corrected chi connectivity index (χ3v) is 6.42. The van der Waals surface area contributed by atoms with Crippen molar-refractivity contribution in [2.45, 2.75) is 39.2 Å². The minimum atomic E-state index is -0.972. The van der Waals surface area contributed by atoms with Gasteiger partial charge in [0.15, 0.2) is 11.6 Å². The maximum atomic E-state index is 14.1. The van der Waals surface area contributed by atoms with E-state index in [9.17, 15) is 18.4 Å². The van der Waals surface area contributed by atoms with Gasteiger partial charge in [-0.3, -0.25) is 14.7 Å². The predicted molar refractivity (Wildman–Crippen MR) is 128 cm³/mol. The molecule has 0 N–H and O–H groups in total. The van der Waals surface area contributed by atoms with Gasteiger partial charge < -0.3 is 9.64 Å². The Morgan fingerprint density at radius 2 is 1.80 bits per heavy atom. The second-order valence-corrected chi connectivity index (χ2v) is 9.18. The molecule has 1 saturated carbocycles. The summed E-state index contributed by atoms with van der Waals surface area (Å²) in [6.07, 6.45) is 4.49. The Morgan fingerprint density at radius 3 is 2.46 bits per heavy atom. The fourth-order valence-electron chi connectivity index (χ4n) is 4.50. The first-order valence-electron chi connectivity index (χ1n) is 11.6. The number of halogens is 2. The molecule has 1 unspecified atom stereocenters. The van der Waals surface area contributed by atoms with Crippen LogP contribution in [0.5, 0.6) is 5.75 Å². The van der Waals surface area contributed by atoms with Crippen LogP contribution in [-0.4, -0.2) is 29.6 Å². The van der Waals surface area contributed by atoms with Gasteiger partial charge in [0.1, 0.15) is 5.82 Å². The predicted octanol–water partition coefficient (Wildman–Crippen LogP) is 5.74. The second kappa shape index (κ2) is 9.09. The van der Waals surface area contributed by atoms with Crippen molar-refractivity contribution in [3.63, 3.8) is 0 Å². The Labute approximate surface area is 202 Å². The van der Waals surface area contributed by atoms with Gasteiger partial charge in [-0.15, -0.1) is 0 Å². The number of pyridine rings is 1. The van der Waals surface area contributed by atoms with Gasteiger partial charge in [0.05, 0.1) is 17.4 Å². The number of amides is 2. The molecule has 1 aliphatic heterocycles. The molecule has 6 nitrogen and oxygen atoms in total. The molecule has 2 heterocycles. The van der Waals surface area contributed by atoms with Gasteiger partial charge >= 0.3 is 6.09 Å². The van der Waals surface area contributed by atoms with Crippen LogP contribution in [0.15, 0.2) is 54.7 Å². The van der Waals surface area contributed by atoms with Crippen molar-refractivity contribution >= 4 is 23.4 Å². The van der Waals surface area contributed by atoms with Gasteiger partial charge in [0, 0.05) is 37.0 Å². The standard InChI is InChI=1S/C27H25F2N3O3/c1-16-15-31(27(34)35-26-10-7-21(28)13-23(26)29)25-12-19(6-9-24(25)32(16)17(2)33)20-5-8-22(30-14-20)11-18-3-4-18/h5-10,12-14,16,18H,3-4,11,15H2,1-2H3. The van der Waals surface area contributed by atoms with E-state index in [1.807, 2.05) is 31.3 Å². The normalized spacial score (nSPS) is 17.2. The number of hydrogen-bond acceptors (Lipinski definition) is 4. The summed E-state index contributed by atoms with van der Waals surface area (Å²) in [6.45, 7) is 3.44. The molecule has 0 bridgehead atoms. The fourth-order valence-corrected chi connectivity index (χ4v) is 4.50. The Kier molecular flexibility index (Phi) is 5.96. The SMILES string of the molecule is CC(=O)N1c2ccc(-c3ccc(CC4CC4)nc3)cc2N(C(=O)Oc2ccc(F)cc2F)CC1C. The second-order valence-electron chi connectivity index (χ2n) is 9.18. The number of rotatable bonds is 4. The molecular formula is C27H25F2N3O3. The zero-order valence-electron chi connectivity index (χ0n) is 19.5. The molecule has 2 aromatic carbocycles. The van der Waals surface area contributed by atoms with E-state index in [1.54, 1.807) is 17.0 Å². The van der Waals surface area contributed by atoms with Crippen LogP contribution in [0.4, 0.5) is 25.0 Å². The minimum absolute atomic E-state index is 0.149. The molecule has 1 atom stereocenters. The largest absolute Gasteiger partial charge is 0.419 e. The lowest BCUT2D eigenvalue weighted by atomic mass is 10.0. The summed E-state index contributed by atoms with van der Waals surface area (Å²) in [4.78, 5) is 33.1. The molecule has 0 spiro atoms. The highest BCUT2D eigenvalue weighted by molar-refractivity contribution is 6.03. The molecule has 3 aromatic rings. The van der Waals surface area contributed by atoms with Crippen molar-refractivity contribution in [3.05, 3.63) is 72.1 Å². The quantitative estimate of drug-likeness (QED) is 0.481. The summed E-state index contributed by atoms with van der Waals surface area (Å²) in [5, 5.41) is 0. The number of hydrogen-bond donors (Lipinski definition) is 0. The number of anilines is 2. The van der Waals surface area contributed by atoms with Gasteiger partial charge in [-0.2, -0.15) is 0 Å². The number of aromatic nitrogens is 1. The lowest BCUT2D eigenvalue weighted by Gasteiger charge is -2.40. The Bertz CT molecular complexity index is 1290. The van der Waals surface area contributed by atoms with E-state index in [1.165, 1.54) is 24.7 Å². The van der Waals surface area contributed by atoms with Crippen LogP contribution in [0, 0.1) is 17.6 Å². The van der Waals surface area contributed by atoms with E-state index >= 15 is 0 Å². The smallest absolute Gasteiger partial charge is 0.407 e. The maximum Gasteiger partial charge on any atom is 0.419 e. The van der Waals surface area contributed by atoms with Crippen LogP contribution in [0.25, 0.3) is 11.1 Å². The summed E-state index contributed by atoms with van der Waals surface area (Å²) >= 11 is 0. The molecule has 5 rings (SSSR count). The maximum absolute atomic E-state index is 14.1. The van der Waals surface area contributed by atoms with Crippen LogP contribution in [-0.2, 0) is 11.2 Å². The van der Waals surface area contributed by atoms with E-state index in [2.05, 4.69) is 4.98 Å². The molecule has 2 amide bonds. The summed E-state index contributed by atoms with van der Waals surface area (Å²) in [6, 6.07) is 11.9. The summed E-state index contributed by atoms with van der Waals surface area (Å²) in [7, 11) is 0. The Hall–Kier alpha value is -3.81. The third kappa shape index (κ3) is 4.73. The zero-order valence-corrected chi connectivity index (χ0v) is 19.5. The fraction of sp³-hybridized carbons (Fsp3) is 0.296. The van der Waals surface area contributed by atoms with E-state index in [0.717, 1.165) is 41.3 Å². The summed E-state index contributed by atoms with van der Waals surface area (Å²) < 4.78 is 32.7. The lowest BCUT2D eigenvalue weighted by Crippen LogP contribution is -2.52. The van der Waals surface area contributed by atoms with Crippen LogP contribution in [0.1, 0.15) is 32.4 Å². The highest BCUT2D eigenvalue weighted by Gasteiger charge is 2.35. The number of ether oxygens (including phenoxy) is 1. The summed E-state index contributed by atoms with van der Waals surface area (Å²) in [5.41, 5.74) is 3.76. The van der Waals surface area contributed by atoms with Gasteiger partial charge in [0.25, 0.3) is 0 Å². The minimum Gasteiger partial charge on any atom is -0.407 e. The lowest BCUT2D eigenvalue weighted by molar-refractivity contribution is -0.117. The first-order valence-corrected chi connectivity index (χ1v) is 11.6. The van der Waals surface area contributed by atoms with Gasteiger partial charge in [0.2, 0.25) is 5.91 Å². The Balaban J connectivity index is 1.49. The highest BCUT2D eigenvalue weighted by atomic mass is 19.1. The molecule has 180 valence electrons. The van der Waals surface area contributed by atoms with Crippen LogP contribution >= 0.6 is 0 Å². The molecule has 35 heavy (non-hydrogen) atoms. The highest BCUT2D eigenvalue weighted by Crippen LogP contribution is 2.39. The van der Waals surface area contributed by atoms with Gasteiger partial charge in [-0.25, -0.2) is 13.6 Å². The average molecular weight is 478 g/mol. The number of fused-ring (bicyclic) bond motifs is 1. The summed E-state index contributed by atoms with van der Waals surface area (Å²) in [5.74, 6) is -1.53. The first-order chi connectivity index (χ1) is 16.8. The van der Waals surface area contributed by atoms with Crippen molar-refractivity contribution in [1.29, 1.82) is 0 Å². The Morgan fingerprint density at radius 1 is 1.03 bits per heavy atom. The van der Waals surface area contributed by atoms with Crippen molar-refractivity contribution in [1.82, 2.24) is 4.98 Å². The van der Waals surface area contributed by atoms with Crippen molar-refractivity contribution in [3.8, 4) is 16.9 Å². The molecule has 1 aromatic heterocycles. The van der Waals surface area contributed by atoms with Crippen molar-refractivity contribution in [2.75, 3.05) is 16.3 Å². The first kappa shape index (κ1) is 23.0. The number of carbonyl (C=O) groups is 2. The van der Waals surface area contributed by atoms with Crippen LogP contribution in [0.2, 0.25) is 0 Å². The molecule has 0 radical (unpaired) electrons. The topological polar surface area (TPSA) is 62.7 Å². The average Bonchev–Trinajstić information content (AvgIpc) is 3.64. The number of nitrogens with zero attached hydrogens (tertiary/aromatic N) is 3. The van der Waals surface area contributed by atoms with Crippen LogP contribution in [0.3, 0.4) is 0 Å². The van der Waals surface area contributed by atoms with Crippen LogP contribution < -0.4 is 14.5 Å². The molecule has 1 fully saturated rings. The van der Waals surface area contributed by atoms with Crippen molar-refractivity contribution in [2.24, 2.45) is 5.92 Å². The van der Waals surface area contributed by atoms with Gasteiger partial charge in [-0.05, 0) is 68.0 Å². The molecule has 0 saturated heterocycles. The van der Waals surface area contributed by atoms with E-state index in [4.69, 9.17) is 4.74 Å². The molecular weight excluding hydrogens is 452 g/mol. The third-order valence-electron chi connectivity index (χ3n) is 6.42. The number of carbonyl (C=O) groups excluding carboxylic acids is 2. The zero-order chi connectivity index (χ0) is 24.7. The van der Waals surface area contributed by atoms with Gasteiger partial charge in [-0.1, -0.05) is 12.1 Å². The van der Waals surface area contributed by atoms with E-state index in [0.29, 0.717) is 17.4 Å². The molecule has 2 aliphatic rings. The molecule has 1 aliphatic carbocycles. The monoisotopic (exact) mass is 477 g/mol.